The normalized spacial score (nSPS) is 10.2. The number of aryl methyl sites for hydroxylation is 2. The molecule has 2 rings (SSSR count). The van der Waals surface area contributed by atoms with Gasteiger partial charge in [0.25, 0.3) is 5.91 Å². The van der Waals surface area contributed by atoms with E-state index >= 15 is 0 Å². The highest BCUT2D eigenvalue weighted by atomic mass is 127. The van der Waals surface area contributed by atoms with E-state index in [1.165, 1.54) is 27.8 Å². The number of thiocarbonyl (C=S) groups is 1. The SMILES string of the molecule is Cc1cc(NC(=S)NC(=O)c2ccc(F)cc2)c(C)cc1I. The Morgan fingerprint density at radius 3 is 2.41 bits per heavy atom. The van der Waals surface area contributed by atoms with Crippen LogP contribution in [-0.2, 0) is 0 Å². The average Bonchev–Trinajstić information content (AvgIpc) is 2.45. The lowest BCUT2D eigenvalue weighted by Gasteiger charge is -2.13. The minimum absolute atomic E-state index is 0.207. The number of hydrogen-bond acceptors (Lipinski definition) is 2. The summed E-state index contributed by atoms with van der Waals surface area (Å²) >= 11 is 7.42. The van der Waals surface area contributed by atoms with Crippen molar-refractivity contribution in [1.82, 2.24) is 5.32 Å². The number of hydrogen-bond donors (Lipinski definition) is 2. The summed E-state index contributed by atoms with van der Waals surface area (Å²) < 4.78 is 14.0. The summed E-state index contributed by atoms with van der Waals surface area (Å²) in [5.41, 5.74) is 3.36. The summed E-state index contributed by atoms with van der Waals surface area (Å²) in [6, 6.07) is 9.31. The van der Waals surface area contributed by atoms with Gasteiger partial charge in [-0.25, -0.2) is 4.39 Å². The molecule has 0 aliphatic rings. The molecule has 0 aliphatic heterocycles. The molecule has 1 amide bonds. The van der Waals surface area contributed by atoms with Crippen molar-refractivity contribution in [2.75, 3.05) is 5.32 Å². The highest BCUT2D eigenvalue weighted by Gasteiger charge is 2.09. The molecule has 2 aromatic carbocycles. The molecular weight excluding hydrogens is 414 g/mol. The fourth-order valence-corrected chi connectivity index (χ4v) is 2.67. The molecule has 2 N–H and O–H groups in total. The number of halogens is 2. The van der Waals surface area contributed by atoms with Crippen molar-refractivity contribution in [2.24, 2.45) is 0 Å². The van der Waals surface area contributed by atoms with Crippen LogP contribution in [0.1, 0.15) is 21.5 Å². The van der Waals surface area contributed by atoms with E-state index in [2.05, 4.69) is 33.2 Å². The van der Waals surface area contributed by atoms with Crippen molar-refractivity contribution in [3.63, 3.8) is 0 Å². The Morgan fingerprint density at radius 1 is 1.14 bits per heavy atom. The molecule has 0 fully saturated rings. The summed E-state index contributed by atoms with van der Waals surface area (Å²) in [6.45, 7) is 3.97. The Labute approximate surface area is 147 Å². The number of rotatable bonds is 2. The Bertz CT molecular complexity index is 732. The number of benzene rings is 2. The maximum absolute atomic E-state index is 12.8. The van der Waals surface area contributed by atoms with Gasteiger partial charge in [0.2, 0.25) is 0 Å². The Balaban J connectivity index is 2.05. The van der Waals surface area contributed by atoms with Gasteiger partial charge in [-0.05, 0) is 96.2 Å². The topological polar surface area (TPSA) is 41.1 Å². The predicted octanol–water partition coefficient (Wildman–Crippen LogP) is 4.17. The molecule has 3 nitrogen and oxygen atoms in total. The molecule has 6 heteroatoms. The van der Waals surface area contributed by atoms with Gasteiger partial charge < -0.3 is 5.32 Å². The van der Waals surface area contributed by atoms with E-state index < -0.39 is 0 Å². The first kappa shape index (κ1) is 16.8. The van der Waals surface area contributed by atoms with Crippen LogP contribution >= 0.6 is 34.8 Å². The minimum Gasteiger partial charge on any atom is -0.332 e. The zero-order valence-electron chi connectivity index (χ0n) is 12.0. The average molecular weight is 428 g/mol. The molecule has 114 valence electrons. The van der Waals surface area contributed by atoms with Crippen LogP contribution in [0.15, 0.2) is 36.4 Å². The van der Waals surface area contributed by atoms with Gasteiger partial charge in [0.1, 0.15) is 5.82 Å². The van der Waals surface area contributed by atoms with E-state index in [9.17, 15) is 9.18 Å². The molecular formula is C16H14FIN2OS. The van der Waals surface area contributed by atoms with Gasteiger partial charge in [0.15, 0.2) is 5.11 Å². The second kappa shape index (κ2) is 7.15. The first-order valence-corrected chi connectivity index (χ1v) is 8.00. The molecule has 0 radical (unpaired) electrons. The third-order valence-corrected chi connectivity index (χ3v) is 4.45. The van der Waals surface area contributed by atoms with Gasteiger partial charge in [-0.15, -0.1) is 0 Å². The molecule has 0 heterocycles. The third-order valence-electron chi connectivity index (χ3n) is 3.09. The fourth-order valence-electron chi connectivity index (χ4n) is 1.85. The zero-order valence-corrected chi connectivity index (χ0v) is 15.0. The van der Waals surface area contributed by atoms with Crippen molar-refractivity contribution >= 4 is 51.5 Å². The lowest BCUT2D eigenvalue weighted by Crippen LogP contribution is -2.34. The first-order chi connectivity index (χ1) is 10.4. The number of nitrogens with one attached hydrogen (secondary N) is 2. The zero-order chi connectivity index (χ0) is 16.3. The van der Waals surface area contributed by atoms with Crippen molar-refractivity contribution in [1.29, 1.82) is 0 Å². The number of anilines is 1. The summed E-state index contributed by atoms with van der Waals surface area (Å²) in [5.74, 6) is -0.764. The predicted molar refractivity (Wildman–Crippen MR) is 98.7 cm³/mol. The van der Waals surface area contributed by atoms with Gasteiger partial charge in [-0.3, -0.25) is 10.1 Å². The molecule has 0 unspecified atom stereocenters. The highest BCUT2D eigenvalue weighted by molar-refractivity contribution is 14.1. The van der Waals surface area contributed by atoms with Crippen LogP contribution in [0.25, 0.3) is 0 Å². The summed E-state index contributed by atoms with van der Waals surface area (Å²) in [4.78, 5) is 12.0. The molecule has 0 spiro atoms. The Kier molecular flexibility index (Phi) is 5.47. The van der Waals surface area contributed by atoms with E-state index in [-0.39, 0.29) is 16.8 Å². The molecule has 2 aromatic rings. The van der Waals surface area contributed by atoms with Gasteiger partial charge in [-0.1, -0.05) is 0 Å². The van der Waals surface area contributed by atoms with Gasteiger partial charge in [-0.2, -0.15) is 0 Å². The Hall–Kier alpha value is -1.54. The fraction of sp³-hybridized carbons (Fsp3) is 0.125. The maximum Gasteiger partial charge on any atom is 0.257 e. The summed E-state index contributed by atoms with van der Waals surface area (Å²) in [5, 5.41) is 5.80. The van der Waals surface area contributed by atoms with Crippen molar-refractivity contribution in [3.8, 4) is 0 Å². The van der Waals surface area contributed by atoms with E-state index in [1.807, 2.05) is 26.0 Å². The van der Waals surface area contributed by atoms with Crippen molar-refractivity contribution in [3.05, 3.63) is 62.5 Å². The lowest BCUT2D eigenvalue weighted by atomic mass is 10.1. The van der Waals surface area contributed by atoms with Crippen LogP contribution in [0.5, 0.6) is 0 Å². The molecule has 0 atom stereocenters. The molecule has 0 aliphatic carbocycles. The third kappa shape index (κ3) is 4.23. The van der Waals surface area contributed by atoms with Crippen LogP contribution in [0.4, 0.5) is 10.1 Å². The second-order valence-electron chi connectivity index (χ2n) is 4.83. The number of amides is 1. The molecule has 0 saturated heterocycles. The van der Waals surface area contributed by atoms with Gasteiger partial charge in [0.05, 0.1) is 0 Å². The van der Waals surface area contributed by atoms with Crippen LogP contribution in [0.3, 0.4) is 0 Å². The van der Waals surface area contributed by atoms with E-state index in [0.717, 1.165) is 16.8 Å². The largest absolute Gasteiger partial charge is 0.332 e. The quantitative estimate of drug-likeness (QED) is 0.557. The maximum atomic E-state index is 12.8. The van der Waals surface area contributed by atoms with E-state index in [4.69, 9.17) is 12.2 Å². The Morgan fingerprint density at radius 2 is 1.77 bits per heavy atom. The number of carbonyl (C=O) groups is 1. The van der Waals surface area contributed by atoms with Crippen LogP contribution in [0.2, 0.25) is 0 Å². The lowest BCUT2D eigenvalue weighted by molar-refractivity contribution is 0.0977. The molecule has 22 heavy (non-hydrogen) atoms. The first-order valence-electron chi connectivity index (χ1n) is 6.51. The number of carbonyl (C=O) groups excluding carboxylic acids is 1. The van der Waals surface area contributed by atoms with Crippen LogP contribution < -0.4 is 10.6 Å². The minimum atomic E-state index is -0.387. The van der Waals surface area contributed by atoms with Crippen LogP contribution in [-0.4, -0.2) is 11.0 Å². The monoisotopic (exact) mass is 428 g/mol. The van der Waals surface area contributed by atoms with E-state index in [1.54, 1.807) is 0 Å². The van der Waals surface area contributed by atoms with Crippen LogP contribution in [0, 0.1) is 23.2 Å². The van der Waals surface area contributed by atoms with E-state index in [0.29, 0.717) is 5.56 Å². The van der Waals surface area contributed by atoms with Gasteiger partial charge >= 0.3 is 0 Å². The summed E-state index contributed by atoms with van der Waals surface area (Å²) in [7, 11) is 0. The smallest absolute Gasteiger partial charge is 0.257 e. The van der Waals surface area contributed by atoms with Crippen molar-refractivity contribution < 1.29 is 9.18 Å². The molecule has 0 aromatic heterocycles. The van der Waals surface area contributed by atoms with Gasteiger partial charge in [0, 0.05) is 14.8 Å². The molecule has 0 saturated carbocycles. The summed E-state index contributed by atoms with van der Waals surface area (Å²) in [6.07, 6.45) is 0. The standard InChI is InChI=1S/C16H14FIN2OS/c1-9-8-14(10(2)7-13(9)18)19-16(22)20-15(21)11-3-5-12(17)6-4-11/h3-8H,1-2H3,(H2,19,20,21,22). The highest BCUT2D eigenvalue weighted by Crippen LogP contribution is 2.21. The van der Waals surface area contributed by atoms with Crippen molar-refractivity contribution in [2.45, 2.75) is 13.8 Å². The second-order valence-corrected chi connectivity index (χ2v) is 6.40. The molecule has 0 bridgehead atoms.